The fourth-order valence-electron chi connectivity index (χ4n) is 2.16. The predicted molar refractivity (Wildman–Crippen MR) is 81.8 cm³/mol. The summed E-state index contributed by atoms with van der Waals surface area (Å²) in [5, 5.41) is 3.51. The van der Waals surface area contributed by atoms with E-state index in [0.717, 1.165) is 25.4 Å². The molecule has 3 heteroatoms. The van der Waals surface area contributed by atoms with Gasteiger partial charge in [0.1, 0.15) is 5.75 Å². The van der Waals surface area contributed by atoms with Crippen LogP contribution in [0.4, 0.5) is 0 Å². The maximum absolute atomic E-state index is 5.64. The van der Waals surface area contributed by atoms with Crippen LogP contribution in [0, 0.1) is 12.8 Å². The largest absolute Gasteiger partial charge is 0.496 e. The van der Waals surface area contributed by atoms with E-state index in [2.05, 4.69) is 51.2 Å². The van der Waals surface area contributed by atoms with Crippen LogP contribution >= 0.6 is 0 Å². The minimum Gasteiger partial charge on any atom is -0.496 e. The summed E-state index contributed by atoms with van der Waals surface area (Å²) in [7, 11) is 1.73. The first-order valence-electron chi connectivity index (χ1n) is 6.96. The number of nitrogens with two attached hydrogens (primary N) is 1. The Morgan fingerprint density at radius 2 is 2.05 bits per heavy atom. The molecule has 0 amide bonds. The van der Waals surface area contributed by atoms with Crippen molar-refractivity contribution >= 4 is 0 Å². The molecular formula is C16H28N2O. The van der Waals surface area contributed by atoms with Gasteiger partial charge in [-0.1, -0.05) is 38.5 Å². The van der Waals surface area contributed by atoms with Crippen LogP contribution in [-0.2, 0) is 5.41 Å². The maximum atomic E-state index is 5.64. The van der Waals surface area contributed by atoms with Crippen molar-refractivity contribution in [3.8, 4) is 5.75 Å². The van der Waals surface area contributed by atoms with E-state index in [-0.39, 0.29) is 5.41 Å². The van der Waals surface area contributed by atoms with Crippen molar-refractivity contribution in [2.45, 2.75) is 33.1 Å². The highest BCUT2D eigenvalue weighted by atomic mass is 16.5. The van der Waals surface area contributed by atoms with Gasteiger partial charge >= 0.3 is 0 Å². The number of nitrogens with one attached hydrogen (secondary N) is 1. The fourth-order valence-corrected chi connectivity index (χ4v) is 2.16. The molecule has 3 nitrogen and oxygen atoms in total. The molecule has 0 saturated heterocycles. The first-order valence-corrected chi connectivity index (χ1v) is 6.96. The molecule has 3 N–H and O–H groups in total. The summed E-state index contributed by atoms with van der Waals surface area (Å²) in [6.45, 7) is 11.3. The van der Waals surface area contributed by atoms with Gasteiger partial charge in [0, 0.05) is 17.5 Å². The average Bonchev–Trinajstić information content (AvgIpc) is 2.38. The highest BCUT2D eigenvalue weighted by Crippen LogP contribution is 2.31. The molecule has 0 spiro atoms. The van der Waals surface area contributed by atoms with Gasteiger partial charge in [-0.15, -0.1) is 0 Å². The Bertz CT molecular complexity index is 402. The van der Waals surface area contributed by atoms with E-state index < -0.39 is 0 Å². The Balaban J connectivity index is 2.78. The van der Waals surface area contributed by atoms with Crippen LogP contribution in [0.3, 0.4) is 0 Å². The number of benzene rings is 1. The molecule has 0 aliphatic heterocycles. The Morgan fingerprint density at radius 3 is 2.63 bits per heavy atom. The summed E-state index contributed by atoms with van der Waals surface area (Å²) >= 11 is 0. The highest BCUT2D eigenvalue weighted by molar-refractivity contribution is 5.41. The van der Waals surface area contributed by atoms with E-state index in [4.69, 9.17) is 10.5 Å². The van der Waals surface area contributed by atoms with E-state index in [1.165, 1.54) is 11.1 Å². The van der Waals surface area contributed by atoms with Crippen LogP contribution in [0.25, 0.3) is 0 Å². The number of aryl methyl sites for hydroxylation is 1. The normalized spacial score (nSPS) is 13.4. The predicted octanol–water partition coefficient (Wildman–Crippen LogP) is 2.47. The summed E-state index contributed by atoms with van der Waals surface area (Å²) in [5.74, 6) is 1.47. The van der Waals surface area contributed by atoms with Gasteiger partial charge in [-0.25, -0.2) is 0 Å². The molecule has 108 valence electrons. The Labute approximate surface area is 117 Å². The molecule has 0 bridgehead atoms. The lowest BCUT2D eigenvalue weighted by molar-refractivity contribution is 0.380. The topological polar surface area (TPSA) is 47.3 Å². The van der Waals surface area contributed by atoms with Crippen molar-refractivity contribution in [2.75, 3.05) is 26.7 Å². The maximum Gasteiger partial charge on any atom is 0.122 e. The lowest BCUT2D eigenvalue weighted by atomic mass is 9.83. The van der Waals surface area contributed by atoms with Crippen molar-refractivity contribution < 1.29 is 4.74 Å². The summed E-state index contributed by atoms with van der Waals surface area (Å²) in [4.78, 5) is 0. The van der Waals surface area contributed by atoms with Crippen LogP contribution in [-0.4, -0.2) is 26.7 Å². The molecular weight excluding hydrogens is 236 g/mol. The van der Waals surface area contributed by atoms with Gasteiger partial charge in [-0.3, -0.25) is 0 Å². The van der Waals surface area contributed by atoms with E-state index >= 15 is 0 Å². The zero-order valence-corrected chi connectivity index (χ0v) is 12.9. The Kier molecular flexibility index (Phi) is 5.83. The first-order chi connectivity index (χ1) is 8.90. The zero-order valence-electron chi connectivity index (χ0n) is 12.9. The average molecular weight is 264 g/mol. The SMILES string of the molecule is COc1ccc(C)cc1C(C)(C)CNCC(C)CN. The fraction of sp³-hybridized carbons (Fsp3) is 0.625. The van der Waals surface area contributed by atoms with Crippen molar-refractivity contribution in [1.29, 1.82) is 0 Å². The number of rotatable bonds is 7. The second kappa shape index (κ2) is 6.92. The quantitative estimate of drug-likeness (QED) is 0.795. The third-order valence-electron chi connectivity index (χ3n) is 3.55. The third kappa shape index (κ3) is 4.51. The Morgan fingerprint density at radius 1 is 1.37 bits per heavy atom. The summed E-state index contributed by atoms with van der Waals surface area (Å²) in [6.07, 6.45) is 0. The molecule has 19 heavy (non-hydrogen) atoms. The van der Waals surface area contributed by atoms with Crippen molar-refractivity contribution in [1.82, 2.24) is 5.32 Å². The van der Waals surface area contributed by atoms with Crippen LogP contribution < -0.4 is 15.8 Å². The van der Waals surface area contributed by atoms with Crippen LogP contribution in [0.5, 0.6) is 5.75 Å². The van der Waals surface area contributed by atoms with Gasteiger partial charge in [-0.2, -0.15) is 0 Å². The van der Waals surface area contributed by atoms with Gasteiger partial charge in [0.15, 0.2) is 0 Å². The number of hydrogen-bond donors (Lipinski definition) is 2. The second-order valence-electron chi connectivity index (χ2n) is 6.06. The van der Waals surface area contributed by atoms with E-state index in [1.807, 2.05) is 0 Å². The Hall–Kier alpha value is -1.06. The summed E-state index contributed by atoms with van der Waals surface area (Å²) in [5.41, 5.74) is 8.19. The molecule has 0 aliphatic carbocycles. The van der Waals surface area contributed by atoms with E-state index in [9.17, 15) is 0 Å². The minimum atomic E-state index is 0.0334. The first kappa shape index (κ1) is 16.0. The molecule has 0 saturated carbocycles. The molecule has 0 radical (unpaired) electrons. The third-order valence-corrected chi connectivity index (χ3v) is 3.55. The lowest BCUT2D eigenvalue weighted by Crippen LogP contribution is -2.36. The van der Waals surface area contributed by atoms with Crippen LogP contribution in [0.2, 0.25) is 0 Å². The van der Waals surface area contributed by atoms with Crippen molar-refractivity contribution in [2.24, 2.45) is 11.7 Å². The zero-order chi connectivity index (χ0) is 14.5. The lowest BCUT2D eigenvalue weighted by Gasteiger charge is -2.28. The van der Waals surface area contributed by atoms with Gasteiger partial charge in [0.25, 0.3) is 0 Å². The molecule has 1 rings (SSSR count). The molecule has 0 aliphatic rings. The van der Waals surface area contributed by atoms with Crippen LogP contribution in [0.1, 0.15) is 31.9 Å². The van der Waals surface area contributed by atoms with Gasteiger partial charge in [-0.05, 0) is 32.0 Å². The van der Waals surface area contributed by atoms with Crippen molar-refractivity contribution in [3.05, 3.63) is 29.3 Å². The summed E-state index contributed by atoms with van der Waals surface area (Å²) in [6, 6.07) is 6.35. The molecule has 1 atom stereocenters. The van der Waals surface area contributed by atoms with Gasteiger partial charge in [0.05, 0.1) is 7.11 Å². The van der Waals surface area contributed by atoms with Gasteiger partial charge in [0.2, 0.25) is 0 Å². The number of ether oxygens (including phenoxy) is 1. The second-order valence-corrected chi connectivity index (χ2v) is 6.06. The smallest absolute Gasteiger partial charge is 0.122 e. The molecule has 0 aromatic heterocycles. The molecule has 1 aromatic carbocycles. The molecule has 0 heterocycles. The van der Waals surface area contributed by atoms with E-state index in [1.54, 1.807) is 7.11 Å². The number of methoxy groups -OCH3 is 1. The van der Waals surface area contributed by atoms with Crippen LogP contribution in [0.15, 0.2) is 18.2 Å². The minimum absolute atomic E-state index is 0.0334. The monoisotopic (exact) mass is 264 g/mol. The number of hydrogen-bond acceptors (Lipinski definition) is 3. The highest BCUT2D eigenvalue weighted by Gasteiger charge is 2.24. The molecule has 1 aromatic rings. The standard InChI is InChI=1S/C16H28N2O/c1-12-6-7-15(19-5)14(8-12)16(3,4)11-18-10-13(2)9-17/h6-8,13,18H,9-11,17H2,1-5H3. The summed E-state index contributed by atoms with van der Waals surface area (Å²) < 4.78 is 5.49. The van der Waals surface area contributed by atoms with Gasteiger partial charge < -0.3 is 15.8 Å². The molecule has 1 unspecified atom stereocenters. The van der Waals surface area contributed by atoms with E-state index in [0.29, 0.717) is 5.92 Å². The van der Waals surface area contributed by atoms with Crippen molar-refractivity contribution in [3.63, 3.8) is 0 Å². The molecule has 0 fully saturated rings.